The molecule has 2 heterocycles. The Hall–Kier alpha value is -2.42. The molecule has 0 saturated carbocycles. The van der Waals surface area contributed by atoms with Crippen molar-refractivity contribution < 1.29 is 24.1 Å². The first-order valence-electron chi connectivity index (χ1n) is 7.72. The SMILES string of the molecule is COc1cc(/C=C2\SC(=S)N(c3ccc4c(c3)OCO4)C2=O)cc(Cl)c1O. The van der Waals surface area contributed by atoms with Gasteiger partial charge in [-0.25, -0.2) is 0 Å². The van der Waals surface area contributed by atoms with Gasteiger partial charge in [0.15, 0.2) is 27.3 Å². The molecule has 6 nitrogen and oxygen atoms in total. The van der Waals surface area contributed by atoms with Crippen LogP contribution in [0.15, 0.2) is 35.2 Å². The zero-order valence-electron chi connectivity index (χ0n) is 13.9. The Morgan fingerprint density at radius 3 is 2.85 bits per heavy atom. The van der Waals surface area contributed by atoms with Crippen molar-refractivity contribution in [1.82, 2.24) is 0 Å². The van der Waals surface area contributed by atoms with Crippen molar-refractivity contribution in [2.24, 2.45) is 0 Å². The van der Waals surface area contributed by atoms with E-state index in [-0.39, 0.29) is 29.2 Å². The van der Waals surface area contributed by atoms with Crippen LogP contribution in [0, 0.1) is 0 Å². The summed E-state index contributed by atoms with van der Waals surface area (Å²) in [6.45, 7) is 0.153. The molecule has 2 aliphatic rings. The highest BCUT2D eigenvalue weighted by Crippen LogP contribution is 2.42. The van der Waals surface area contributed by atoms with Crippen molar-refractivity contribution in [2.45, 2.75) is 0 Å². The van der Waals surface area contributed by atoms with E-state index in [1.54, 1.807) is 36.4 Å². The third-order valence-electron chi connectivity index (χ3n) is 3.98. The summed E-state index contributed by atoms with van der Waals surface area (Å²) >= 11 is 12.6. The number of phenolic OH excluding ortho intramolecular Hbond substituents is 1. The number of carbonyl (C=O) groups excluding carboxylic acids is 1. The molecule has 0 unspecified atom stereocenters. The van der Waals surface area contributed by atoms with E-state index in [2.05, 4.69) is 0 Å². The molecule has 0 aliphatic carbocycles. The van der Waals surface area contributed by atoms with Crippen LogP contribution in [0.3, 0.4) is 0 Å². The molecule has 1 amide bonds. The Labute approximate surface area is 169 Å². The molecule has 0 bridgehead atoms. The monoisotopic (exact) mass is 421 g/mol. The summed E-state index contributed by atoms with van der Waals surface area (Å²) in [5, 5.41) is 9.97. The summed E-state index contributed by atoms with van der Waals surface area (Å²) in [4.78, 5) is 14.8. The third-order valence-corrected chi connectivity index (χ3v) is 5.57. The Bertz CT molecular complexity index is 1010. The van der Waals surface area contributed by atoms with Gasteiger partial charge in [0, 0.05) is 6.07 Å². The predicted octanol–water partition coefficient (Wildman–Crippen LogP) is 4.19. The maximum absolute atomic E-state index is 12.9. The fourth-order valence-electron chi connectivity index (χ4n) is 2.70. The standard InChI is InChI=1S/C18H12ClNO5S2/c1-23-14-5-9(4-11(19)16(14)21)6-15-17(22)20(18(26)27-15)10-2-3-12-13(7-10)25-8-24-12/h2-7,21H,8H2,1H3/b15-6-. The van der Waals surface area contributed by atoms with Crippen molar-refractivity contribution in [3.05, 3.63) is 45.8 Å². The number of anilines is 1. The molecule has 27 heavy (non-hydrogen) atoms. The number of hydrogen-bond acceptors (Lipinski definition) is 7. The fourth-order valence-corrected chi connectivity index (χ4v) is 4.22. The van der Waals surface area contributed by atoms with Gasteiger partial charge in [-0.3, -0.25) is 9.69 Å². The van der Waals surface area contributed by atoms with E-state index in [0.29, 0.717) is 32.0 Å². The molecule has 1 saturated heterocycles. The highest BCUT2D eigenvalue weighted by Gasteiger charge is 2.34. The summed E-state index contributed by atoms with van der Waals surface area (Å²) in [6.07, 6.45) is 1.65. The molecule has 0 atom stereocenters. The highest BCUT2D eigenvalue weighted by molar-refractivity contribution is 8.27. The Kier molecular flexibility index (Phi) is 4.63. The number of halogens is 1. The lowest BCUT2D eigenvalue weighted by Gasteiger charge is -2.14. The van der Waals surface area contributed by atoms with E-state index in [9.17, 15) is 9.90 Å². The van der Waals surface area contributed by atoms with Crippen LogP contribution in [0.2, 0.25) is 5.02 Å². The first kappa shape index (κ1) is 18.0. The third kappa shape index (κ3) is 3.20. The van der Waals surface area contributed by atoms with E-state index >= 15 is 0 Å². The van der Waals surface area contributed by atoms with Crippen LogP contribution in [0.5, 0.6) is 23.0 Å². The second-order valence-electron chi connectivity index (χ2n) is 5.61. The minimum absolute atomic E-state index is 0.131. The summed E-state index contributed by atoms with van der Waals surface area (Å²) in [6, 6.07) is 8.35. The number of phenols is 1. The lowest BCUT2D eigenvalue weighted by molar-refractivity contribution is -0.113. The second kappa shape index (κ2) is 6.95. The number of nitrogens with zero attached hydrogens (tertiary/aromatic N) is 1. The molecule has 0 spiro atoms. The minimum Gasteiger partial charge on any atom is -0.503 e. The van der Waals surface area contributed by atoms with Crippen LogP contribution < -0.4 is 19.1 Å². The molecule has 1 N–H and O–H groups in total. The summed E-state index contributed by atoms with van der Waals surface area (Å²) in [5.74, 6) is 1.02. The normalized spacial score (nSPS) is 17.1. The van der Waals surface area contributed by atoms with Gasteiger partial charge in [0.05, 0.1) is 22.7 Å². The van der Waals surface area contributed by atoms with Gasteiger partial charge in [0.1, 0.15) is 0 Å². The molecule has 4 rings (SSSR count). The van der Waals surface area contributed by atoms with Crippen LogP contribution in [0.25, 0.3) is 6.08 Å². The van der Waals surface area contributed by atoms with Gasteiger partial charge in [0.25, 0.3) is 5.91 Å². The zero-order chi connectivity index (χ0) is 19.1. The van der Waals surface area contributed by atoms with Crippen LogP contribution in [0.1, 0.15) is 5.56 Å². The first-order valence-corrected chi connectivity index (χ1v) is 9.32. The van der Waals surface area contributed by atoms with E-state index in [4.69, 9.17) is 38.0 Å². The highest BCUT2D eigenvalue weighted by atomic mass is 35.5. The van der Waals surface area contributed by atoms with Crippen LogP contribution in [0.4, 0.5) is 5.69 Å². The van der Waals surface area contributed by atoms with Crippen LogP contribution in [-0.4, -0.2) is 29.2 Å². The van der Waals surface area contributed by atoms with E-state index < -0.39 is 0 Å². The van der Waals surface area contributed by atoms with Crippen molar-refractivity contribution in [2.75, 3.05) is 18.8 Å². The molecule has 1 fully saturated rings. The number of thioether (sulfide) groups is 1. The number of fused-ring (bicyclic) bond motifs is 1. The van der Waals surface area contributed by atoms with E-state index in [1.165, 1.54) is 23.8 Å². The molecule has 2 aromatic rings. The number of benzene rings is 2. The number of methoxy groups -OCH3 is 1. The molecule has 138 valence electrons. The van der Waals surface area contributed by atoms with Gasteiger partial charge in [-0.05, 0) is 35.9 Å². The smallest absolute Gasteiger partial charge is 0.270 e. The van der Waals surface area contributed by atoms with Crippen LogP contribution in [-0.2, 0) is 4.79 Å². The average molecular weight is 422 g/mol. The van der Waals surface area contributed by atoms with Crippen molar-refractivity contribution in [3.8, 4) is 23.0 Å². The van der Waals surface area contributed by atoms with Gasteiger partial charge in [-0.15, -0.1) is 0 Å². The topological polar surface area (TPSA) is 68.2 Å². The number of ether oxygens (including phenoxy) is 3. The van der Waals surface area contributed by atoms with Crippen molar-refractivity contribution >= 4 is 57.6 Å². The maximum atomic E-state index is 12.9. The summed E-state index contributed by atoms with van der Waals surface area (Å²) < 4.78 is 16.2. The molecular formula is C18H12ClNO5S2. The molecular weight excluding hydrogens is 410 g/mol. The van der Waals surface area contributed by atoms with Crippen LogP contribution >= 0.6 is 35.6 Å². The summed E-state index contributed by atoms with van der Waals surface area (Å²) in [5.41, 5.74) is 1.22. The van der Waals surface area contributed by atoms with Gasteiger partial charge in [0.2, 0.25) is 6.79 Å². The Balaban J connectivity index is 1.67. The number of hydrogen-bond donors (Lipinski definition) is 1. The minimum atomic E-state index is -0.257. The van der Waals surface area contributed by atoms with E-state index in [0.717, 1.165) is 0 Å². The largest absolute Gasteiger partial charge is 0.503 e. The number of carbonyl (C=O) groups is 1. The van der Waals surface area contributed by atoms with Gasteiger partial charge in [-0.1, -0.05) is 35.6 Å². The quantitative estimate of drug-likeness (QED) is 0.588. The number of thiocarbonyl (C=S) groups is 1. The Morgan fingerprint density at radius 2 is 2.07 bits per heavy atom. The van der Waals surface area contributed by atoms with E-state index in [1.807, 2.05) is 0 Å². The second-order valence-corrected chi connectivity index (χ2v) is 7.69. The number of aromatic hydroxyl groups is 1. The van der Waals surface area contributed by atoms with Gasteiger partial charge in [-0.2, -0.15) is 0 Å². The molecule has 2 aromatic carbocycles. The first-order chi connectivity index (χ1) is 13.0. The molecule has 2 aliphatic heterocycles. The average Bonchev–Trinajstić information content (AvgIpc) is 3.21. The molecule has 9 heteroatoms. The molecule has 0 radical (unpaired) electrons. The van der Waals surface area contributed by atoms with Gasteiger partial charge >= 0.3 is 0 Å². The maximum Gasteiger partial charge on any atom is 0.270 e. The van der Waals surface area contributed by atoms with Crippen molar-refractivity contribution in [1.29, 1.82) is 0 Å². The fraction of sp³-hybridized carbons (Fsp3) is 0.111. The number of amides is 1. The lowest BCUT2D eigenvalue weighted by Crippen LogP contribution is -2.27. The number of rotatable bonds is 3. The Morgan fingerprint density at radius 1 is 1.30 bits per heavy atom. The predicted molar refractivity (Wildman–Crippen MR) is 108 cm³/mol. The lowest BCUT2D eigenvalue weighted by atomic mass is 10.1. The zero-order valence-corrected chi connectivity index (χ0v) is 16.3. The summed E-state index contributed by atoms with van der Waals surface area (Å²) in [7, 11) is 1.42. The van der Waals surface area contributed by atoms with Gasteiger partial charge < -0.3 is 19.3 Å². The van der Waals surface area contributed by atoms with Crippen molar-refractivity contribution in [3.63, 3.8) is 0 Å². The molecule has 0 aromatic heterocycles.